The summed E-state index contributed by atoms with van der Waals surface area (Å²) < 4.78 is 17.0. The molecule has 0 saturated carbocycles. The van der Waals surface area contributed by atoms with E-state index < -0.39 is 0 Å². The van der Waals surface area contributed by atoms with E-state index in [-0.39, 0.29) is 0 Å². The van der Waals surface area contributed by atoms with Crippen LogP contribution in [0.5, 0.6) is 5.75 Å². The van der Waals surface area contributed by atoms with E-state index in [2.05, 4.69) is 168 Å². The molecule has 1 aliphatic rings. The van der Waals surface area contributed by atoms with Crippen molar-refractivity contribution in [2.24, 2.45) is 7.05 Å². The van der Waals surface area contributed by atoms with Gasteiger partial charge in [0.25, 0.3) is 0 Å². The molecule has 5 heterocycles. The number of aryl methyl sites for hydroxylation is 4. The van der Waals surface area contributed by atoms with Gasteiger partial charge in [0.15, 0.2) is 0 Å². The van der Waals surface area contributed by atoms with E-state index >= 15 is 0 Å². The van der Waals surface area contributed by atoms with Crippen molar-refractivity contribution in [1.29, 1.82) is 0 Å². The summed E-state index contributed by atoms with van der Waals surface area (Å²) in [6, 6.07) is 40.8. The van der Waals surface area contributed by atoms with Crippen LogP contribution >= 0.6 is 0 Å². The molecule has 0 fully saturated rings. The Balaban J connectivity index is 1.11. The second-order valence-corrected chi connectivity index (χ2v) is 14.9. The van der Waals surface area contributed by atoms with Gasteiger partial charge in [0.05, 0.1) is 16.6 Å². The molecule has 11 rings (SSSR count). The predicted molar refractivity (Wildman–Crippen MR) is 204 cm³/mol. The normalized spacial score (nSPS) is 13.4. The molecule has 5 aromatic heterocycles. The molecule has 52 heavy (non-hydrogen) atoms. The zero-order chi connectivity index (χ0) is 34.8. The Morgan fingerprint density at radius 1 is 0.692 bits per heavy atom. The molecule has 0 unspecified atom stereocenters. The van der Waals surface area contributed by atoms with Gasteiger partial charge in [-0.1, -0.05) is 36.4 Å². The summed E-state index contributed by atoms with van der Waals surface area (Å²) in [5.41, 5.74) is 12.5. The number of pyridine rings is 1. The van der Waals surface area contributed by atoms with Crippen LogP contribution in [0, 0.1) is 29.8 Å². The molecule has 0 aliphatic heterocycles. The minimum atomic E-state index is 0.718. The first-order valence-corrected chi connectivity index (χ1v) is 18.7. The van der Waals surface area contributed by atoms with Gasteiger partial charge in [0.1, 0.15) is 0 Å². The quantitative estimate of drug-likeness (QED) is 0.166. The topological polar surface area (TPSA) is 41.3 Å². The number of para-hydroxylation sites is 4. The molecule has 6 nitrogen and oxygen atoms in total. The van der Waals surface area contributed by atoms with Gasteiger partial charge in [-0.3, -0.25) is 0 Å². The average molecular weight is 853 g/mol. The minimum absolute atomic E-state index is 0.718. The van der Waals surface area contributed by atoms with Gasteiger partial charge in [-0.25, -0.2) is 0 Å². The first kappa shape index (κ1) is 30.0. The number of allylic oxidation sites excluding steroid dienone is 1. The molecule has 0 atom stereocenters. The fourth-order valence-electron chi connectivity index (χ4n) is 8.44. The number of aromatic nitrogens is 5. The number of imidazole rings is 1. The van der Waals surface area contributed by atoms with Crippen molar-refractivity contribution >= 4 is 60.0 Å². The molecule has 7 heteroatoms. The van der Waals surface area contributed by atoms with Crippen molar-refractivity contribution in [3.05, 3.63) is 153 Å². The maximum absolute atomic E-state index is 6.77. The zero-order valence-electron chi connectivity index (χ0n) is 28.8. The molecule has 0 N–H and O–H groups in total. The first-order valence-electron chi connectivity index (χ1n) is 17.6. The van der Waals surface area contributed by atoms with Crippen molar-refractivity contribution in [1.82, 2.24) is 23.1 Å². The van der Waals surface area contributed by atoms with Gasteiger partial charge < -0.3 is 4.40 Å². The number of rotatable bonds is 4. The van der Waals surface area contributed by atoms with Crippen LogP contribution in [-0.4, -0.2) is 23.1 Å². The van der Waals surface area contributed by atoms with Crippen LogP contribution in [0.4, 0.5) is 0 Å². The molecule has 0 bridgehead atoms. The van der Waals surface area contributed by atoms with Crippen LogP contribution in [0.2, 0.25) is 0 Å². The van der Waals surface area contributed by atoms with Gasteiger partial charge >= 0.3 is 202 Å². The molecular formula is C45H31N5OPt-2. The molecule has 0 amide bonds. The third-order valence-corrected chi connectivity index (χ3v) is 12.1. The molecule has 254 valence electrons. The summed E-state index contributed by atoms with van der Waals surface area (Å²) in [6.45, 7) is 4.20. The van der Waals surface area contributed by atoms with Crippen LogP contribution in [0.1, 0.15) is 28.8 Å². The molecule has 0 spiro atoms. The Bertz CT molecular complexity index is 3230. The zero-order valence-corrected chi connectivity index (χ0v) is 31.0. The van der Waals surface area contributed by atoms with E-state index in [4.69, 9.17) is 9.72 Å². The van der Waals surface area contributed by atoms with E-state index in [1.165, 1.54) is 54.6 Å². The standard InChI is InChI=1S/C45H31N5O.Pt/c1-27-19-20-46-44(21-27)49-40-23-30(51-43-22-29(16-15-28(43)2)48-26-47(3)38-13-6-7-14-39(38)48)17-18-32(40)35-24-36-34-11-8-10-33-31-9-4-5-12-37(31)50(45(33)34)42(36)25-41(35)49;/h4-16,19-21,24-25H,17-18H2,1-3H3;/q-2;. The third-order valence-electron chi connectivity index (χ3n) is 10.9. The molecule has 0 radical (unpaired) electrons. The summed E-state index contributed by atoms with van der Waals surface area (Å²) >= 11 is 2.39. The van der Waals surface area contributed by atoms with Gasteiger partial charge in [-0.05, 0) is 24.6 Å². The Morgan fingerprint density at radius 2 is 1.46 bits per heavy atom. The molecule has 0 saturated heterocycles. The van der Waals surface area contributed by atoms with E-state index in [0.29, 0.717) is 0 Å². The summed E-state index contributed by atoms with van der Waals surface area (Å²) in [7, 11) is 2.10. The number of ether oxygens (including phenoxy) is 1. The number of hydrogen-bond acceptors (Lipinski definition) is 2. The second kappa shape index (κ2) is 10.9. The Labute approximate surface area is 310 Å². The van der Waals surface area contributed by atoms with Crippen LogP contribution in [-0.2, 0) is 32.8 Å². The number of fused-ring (bicyclic) bond motifs is 10. The summed E-state index contributed by atoms with van der Waals surface area (Å²) in [5, 5.41) is 6.36. The van der Waals surface area contributed by atoms with E-state index in [9.17, 15) is 0 Å². The fourth-order valence-corrected chi connectivity index (χ4v) is 9.26. The summed E-state index contributed by atoms with van der Waals surface area (Å²) in [6.07, 6.45) is 7.24. The van der Waals surface area contributed by atoms with Crippen molar-refractivity contribution in [2.45, 2.75) is 26.7 Å². The second-order valence-electron chi connectivity index (χ2n) is 13.9. The van der Waals surface area contributed by atoms with Crippen LogP contribution in [0.15, 0.2) is 115 Å². The number of benzene rings is 5. The Hall–Kier alpha value is -5.71. The fraction of sp³-hybridized carbons (Fsp3) is 0.111. The monoisotopic (exact) mass is 852 g/mol. The Morgan fingerprint density at radius 3 is 2.31 bits per heavy atom. The number of nitrogens with zero attached hydrogens (tertiary/aromatic N) is 5. The summed E-state index contributed by atoms with van der Waals surface area (Å²) in [5.74, 6) is 2.40. The Kier molecular flexibility index (Phi) is 6.28. The van der Waals surface area contributed by atoms with Gasteiger partial charge in [-0.2, -0.15) is 0 Å². The third kappa shape index (κ3) is 4.10. The van der Waals surface area contributed by atoms with Crippen molar-refractivity contribution in [3.63, 3.8) is 0 Å². The van der Waals surface area contributed by atoms with Crippen molar-refractivity contribution in [3.8, 4) is 17.3 Å². The molecule has 5 aromatic carbocycles. The molecule has 10 aromatic rings. The summed E-state index contributed by atoms with van der Waals surface area (Å²) in [4.78, 5) is 4.91. The van der Waals surface area contributed by atoms with Crippen LogP contribution < -0.4 is 4.74 Å². The van der Waals surface area contributed by atoms with E-state index in [0.717, 1.165) is 67.5 Å². The molecule has 1 aliphatic carbocycles. The predicted octanol–water partition coefficient (Wildman–Crippen LogP) is 10.0. The van der Waals surface area contributed by atoms with Gasteiger partial charge in [0, 0.05) is 27.7 Å². The molecular weight excluding hydrogens is 822 g/mol. The number of hydrogen-bond donors (Lipinski definition) is 0. The van der Waals surface area contributed by atoms with Gasteiger partial charge in [-0.15, -0.1) is 0 Å². The van der Waals surface area contributed by atoms with E-state index in [1.54, 1.807) is 0 Å². The maximum atomic E-state index is 6.77. The first-order chi connectivity index (χ1) is 25.4. The van der Waals surface area contributed by atoms with Crippen molar-refractivity contribution in [2.75, 3.05) is 0 Å². The SMILES string of the molecule is Cc1ccnc(-n2c3c(c4cc5c6cccc7c8ccccc8n(c5cc42)c76)CCC(Oc2[c-]c(-n4[c](=[Pt])n(C)c5ccccc54)ccc2C)=[C-]3)c1. The van der Waals surface area contributed by atoms with Gasteiger partial charge in [0.2, 0.25) is 0 Å². The van der Waals surface area contributed by atoms with Crippen LogP contribution in [0.3, 0.4) is 0 Å². The average Bonchev–Trinajstić information content (AvgIpc) is 3.86. The van der Waals surface area contributed by atoms with Crippen LogP contribution in [0.25, 0.3) is 71.5 Å². The van der Waals surface area contributed by atoms with E-state index in [1.807, 2.05) is 12.3 Å². The van der Waals surface area contributed by atoms with Crippen molar-refractivity contribution < 1.29 is 24.1 Å².